The van der Waals surface area contributed by atoms with Gasteiger partial charge < -0.3 is 15.4 Å². The maximum atomic E-state index is 15.0. The van der Waals surface area contributed by atoms with Gasteiger partial charge in [0.2, 0.25) is 5.82 Å². The molecule has 0 radical (unpaired) electrons. The van der Waals surface area contributed by atoms with Crippen molar-refractivity contribution in [1.29, 1.82) is 0 Å². The number of anilines is 1. The zero-order chi connectivity index (χ0) is 19.3. The van der Waals surface area contributed by atoms with Gasteiger partial charge in [-0.3, -0.25) is 0 Å². The van der Waals surface area contributed by atoms with E-state index in [1.165, 1.54) is 0 Å². The van der Waals surface area contributed by atoms with E-state index in [-0.39, 0.29) is 17.7 Å². The van der Waals surface area contributed by atoms with Crippen LogP contribution >= 0.6 is 0 Å². The second kappa shape index (κ2) is 8.52. The zero-order valence-electron chi connectivity index (χ0n) is 16.0. The van der Waals surface area contributed by atoms with Gasteiger partial charge in [-0.15, -0.1) is 0 Å². The highest BCUT2D eigenvalue weighted by Gasteiger charge is 2.22. The predicted octanol–water partition coefficient (Wildman–Crippen LogP) is 3.27. The Hall–Kier alpha value is -2.74. The molecule has 0 bridgehead atoms. The van der Waals surface area contributed by atoms with E-state index in [2.05, 4.69) is 32.6 Å². The molecule has 0 unspecified atom stereocenters. The summed E-state index contributed by atoms with van der Waals surface area (Å²) in [4.78, 5) is 8.86. The average molecular weight is 384 g/mol. The first kappa shape index (κ1) is 18.6. The lowest BCUT2D eigenvalue weighted by atomic mass is 10.1. The Labute approximate surface area is 163 Å². The van der Waals surface area contributed by atoms with Crippen LogP contribution < -0.4 is 15.4 Å². The van der Waals surface area contributed by atoms with E-state index in [4.69, 9.17) is 4.74 Å². The summed E-state index contributed by atoms with van der Waals surface area (Å²) in [5.74, 6) is 0.0303. The summed E-state index contributed by atoms with van der Waals surface area (Å²) in [5.41, 5.74) is 1.60. The van der Waals surface area contributed by atoms with Gasteiger partial charge in [0, 0.05) is 18.8 Å². The van der Waals surface area contributed by atoms with Gasteiger partial charge in [-0.05, 0) is 37.9 Å². The van der Waals surface area contributed by atoms with E-state index in [9.17, 15) is 0 Å². The molecule has 0 aliphatic carbocycles. The third-order valence-electron chi connectivity index (χ3n) is 4.86. The maximum Gasteiger partial charge on any atom is 0.256 e. The van der Waals surface area contributed by atoms with Crippen molar-refractivity contribution in [1.82, 2.24) is 24.9 Å². The molecule has 1 atom stereocenters. The van der Waals surface area contributed by atoms with Crippen molar-refractivity contribution in [2.45, 2.75) is 38.6 Å². The Kier molecular flexibility index (Phi) is 5.66. The number of piperidine rings is 1. The average Bonchev–Trinajstić information content (AvgIpc) is 3.16. The molecule has 0 spiro atoms. The number of halogens is 1. The Bertz CT molecular complexity index is 938. The molecule has 3 aromatic rings. The minimum absolute atomic E-state index is 0.0139. The molecule has 1 aliphatic rings. The minimum atomic E-state index is -0.540. The summed E-state index contributed by atoms with van der Waals surface area (Å²) in [7, 11) is 0. The van der Waals surface area contributed by atoms with Crippen LogP contribution in [0.3, 0.4) is 0 Å². The summed E-state index contributed by atoms with van der Waals surface area (Å²) in [6.45, 7) is 4.25. The molecule has 0 aromatic carbocycles. The molecule has 1 fully saturated rings. The first-order valence-corrected chi connectivity index (χ1v) is 9.86. The molecule has 4 rings (SSSR count). The van der Waals surface area contributed by atoms with Crippen molar-refractivity contribution >= 4 is 11.3 Å². The lowest BCUT2D eigenvalue weighted by Gasteiger charge is -2.24. The number of nitrogens with zero attached hydrogens (tertiary/aromatic N) is 4. The Balaban J connectivity index is 1.72. The van der Waals surface area contributed by atoms with E-state index in [1.807, 2.05) is 24.4 Å². The molecule has 0 saturated carbocycles. The topological polar surface area (TPSA) is 76.4 Å². The fraction of sp³-hybridized carbons (Fsp3) is 0.450. The van der Waals surface area contributed by atoms with Gasteiger partial charge in [0.15, 0.2) is 11.6 Å². The zero-order valence-corrected chi connectivity index (χ0v) is 16.0. The first-order valence-electron chi connectivity index (χ1n) is 9.86. The third kappa shape index (κ3) is 3.91. The van der Waals surface area contributed by atoms with Crippen LogP contribution in [0.25, 0.3) is 16.9 Å². The third-order valence-corrected chi connectivity index (χ3v) is 4.86. The molecule has 3 aromatic heterocycles. The molecule has 7 nitrogen and oxygen atoms in total. The van der Waals surface area contributed by atoms with E-state index in [0.717, 1.165) is 49.9 Å². The number of ether oxygens (including phenoxy) is 1. The molecule has 148 valence electrons. The monoisotopic (exact) mass is 384 g/mol. The fourth-order valence-corrected chi connectivity index (χ4v) is 3.33. The van der Waals surface area contributed by atoms with Crippen LogP contribution in [0.4, 0.5) is 10.2 Å². The predicted molar refractivity (Wildman–Crippen MR) is 106 cm³/mol. The van der Waals surface area contributed by atoms with Gasteiger partial charge in [-0.2, -0.15) is 14.5 Å². The number of unbranched alkanes of at least 4 members (excludes halogenated alkanes) is 1. The highest BCUT2D eigenvalue weighted by molar-refractivity contribution is 5.76. The Morgan fingerprint density at radius 2 is 2.29 bits per heavy atom. The number of pyridine rings is 1. The van der Waals surface area contributed by atoms with E-state index < -0.39 is 5.82 Å². The summed E-state index contributed by atoms with van der Waals surface area (Å²) in [6.07, 6.45) is 7.37. The molecule has 2 N–H and O–H groups in total. The molecular weight excluding hydrogens is 359 g/mol. The van der Waals surface area contributed by atoms with E-state index in [0.29, 0.717) is 12.4 Å². The molecule has 28 heavy (non-hydrogen) atoms. The quantitative estimate of drug-likeness (QED) is 0.609. The molecule has 0 amide bonds. The van der Waals surface area contributed by atoms with Gasteiger partial charge in [0.25, 0.3) is 5.88 Å². The SMILES string of the molecule is CCCCOc1nc(-c2cnn3ccccc23)nc(N[C@@H]2CCCNC2)c1F. The second-order valence-electron chi connectivity index (χ2n) is 6.99. The summed E-state index contributed by atoms with van der Waals surface area (Å²) < 4.78 is 22.4. The first-order chi connectivity index (χ1) is 13.8. The van der Waals surface area contributed by atoms with Gasteiger partial charge in [-0.1, -0.05) is 19.4 Å². The van der Waals surface area contributed by atoms with Crippen molar-refractivity contribution in [3.63, 3.8) is 0 Å². The number of hydrogen-bond acceptors (Lipinski definition) is 6. The molecule has 1 aliphatic heterocycles. The van der Waals surface area contributed by atoms with Gasteiger partial charge in [0.1, 0.15) is 0 Å². The molecule has 1 saturated heterocycles. The van der Waals surface area contributed by atoms with Crippen LogP contribution in [0.2, 0.25) is 0 Å². The van der Waals surface area contributed by atoms with Crippen LogP contribution in [0, 0.1) is 5.82 Å². The summed E-state index contributed by atoms with van der Waals surface area (Å²) in [6, 6.07) is 5.89. The summed E-state index contributed by atoms with van der Waals surface area (Å²) >= 11 is 0. The minimum Gasteiger partial charge on any atom is -0.475 e. The lowest BCUT2D eigenvalue weighted by Crippen LogP contribution is -2.38. The highest BCUT2D eigenvalue weighted by Crippen LogP contribution is 2.29. The van der Waals surface area contributed by atoms with Gasteiger partial charge in [0.05, 0.1) is 23.9 Å². The van der Waals surface area contributed by atoms with Gasteiger partial charge >= 0.3 is 0 Å². The fourth-order valence-electron chi connectivity index (χ4n) is 3.33. The van der Waals surface area contributed by atoms with Gasteiger partial charge in [-0.25, -0.2) is 9.50 Å². The standard InChI is InChI=1S/C20H25FN6O/c1-2-3-11-28-20-17(21)19(24-14-7-6-9-22-12-14)25-18(26-20)15-13-23-27-10-5-4-8-16(15)27/h4-5,8,10,13-14,22H,2-3,6-7,9,11-12H2,1H3,(H,24,25,26)/t14-/m1/s1. The number of aromatic nitrogens is 4. The second-order valence-corrected chi connectivity index (χ2v) is 6.99. The van der Waals surface area contributed by atoms with E-state index in [1.54, 1.807) is 10.7 Å². The number of fused-ring (bicyclic) bond motifs is 1. The van der Waals surface area contributed by atoms with Crippen LogP contribution in [-0.4, -0.2) is 45.3 Å². The van der Waals surface area contributed by atoms with Crippen molar-refractivity contribution in [2.24, 2.45) is 0 Å². The van der Waals surface area contributed by atoms with Crippen molar-refractivity contribution < 1.29 is 9.13 Å². The van der Waals surface area contributed by atoms with Crippen LogP contribution in [0.1, 0.15) is 32.6 Å². The summed E-state index contributed by atoms with van der Waals surface area (Å²) in [5, 5.41) is 10.9. The van der Waals surface area contributed by atoms with Crippen molar-refractivity contribution in [2.75, 3.05) is 25.0 Å². The van der Waals surface area contributed by atoms with Crippen molar-refractivity contribution in [3.05, 3.63) is 36.4 Å². The van der Waals surface area contributed by atoms with Crippen LogP contribution in [-0.2, 0) is 0 Å². The largest absolute Gasteiger partial charge is 0.475 e. The number of hydrogen-bond donors (Lipinski definition) is 2. The maximum absolute atomic E-state index is 15.0. The Morgan fingerprint density at radius 3 is 3.11 bits per heavy atom. The van der Waals surface area contributed by atoms with E-state index >= 15 is 4.39 Å². The Morgan fingerprint density at radius 1 is 1.36 bits per heavy atom. The normalized spacial score (nSPS) is 17.0. The van der Waals surface area contributed by atoms with Crippen molar-refractivity contribution in [3.8, 4) is 17.3 Å². The van der Waals surface area contributed by atoms with Crippen LogP contribution in [0.5, 0.6) is 5.88 Å². The lowest BCUT2D eigenvalue weighted by molar-refractivity contribution is 0.281. The highest BCUT2D eigenvalue weighted by atomic mass is 19.1. The smallest absolute Gasteiger partial charge is 0.256 e. The molecule has 4 heterocycles. The number of rotatable bonds is 7. The molecule has 8 heteroatoms. The number of nitrogens with one attached hydrogen (secondary N) is 2. The molecular formula is C20H25FN6O. The van der Waals surface area contributed by atoms with Crippen LogP contribution in [0.15, 0.2) is 30.6 Å².